The van der Waals surface area contributed by atoms with Crippen molar-refractivity contribution in [2.75, 3.05) is 6.61 Å². The fourth-order valence-electron chi connectivity index (χ4n) is 7.26. The van der Waals surface area contributed by atoms with E-state index in [0.717, 1.165) is 0 Å². The fraction of sp³-hybridized carbons (Fsp3) is 0.739. The number of fused-ring (bicyclic) bond motifs is 5. The lowest BCUT2D eigenvalue weighted by Gasteiger charge is -2.62. The SMILES string of the molecule is C.C[C@@H]1C[C@H]2[C@@H]3CCC4=CC(=O)C=C[C@]4(C)[C@@]3(F)[C@@H](O)C[C@]2(C)[C@@]1(O)C(=O)CO. The first-order valence-corrected chi connectivity index (χ1v) is 10.1. The van der Waals surface area contributed by atoms with E-state index in [9.17, 15) is 24.9 Å². The molecule has 0 bridgehead atoms. The maximum atomic E-state index is 16.9. The van der Waals surface area contributed by atoms with E-state index in [1.807, 2.05) is 0 Å². The Morgan fingerprint density at radius 1 is 1.31 bits per heavy atom. The number of halogens is 1. The largest absolute Gasteiger partial charge is 0.390 e. The number of alkyl halides is 1. The second-order valence-corrected chi connectivity index (χ2v) is 9.75. The molecule has 3 fully saturated rings. The first-order chi connectivity index (χ1) is 13.0. The lowest BCUT2D eigenvalue weighted by molar-refractivity contribution is -0.219. The zero-order valence-electron chi connectivity index (χ0n) is 16.6. The van der Waals surface area contributed by atoms with Crippen LogP contribution >= 0.6 is 0 Å². The van der Waals surface area contributed by atoms with Crippen molar-refractivity contribution in [3.63, 3.8) is 0 Å². The molecular weight excluding hydrogens is 375 g/mol. The van der Waals surface area contributed by atoms with Gasteiger partial charge in [0, 0.05) is 16.7 Å². The summed E-state index contributed by atoms with van der Waals surface area (Å²) in [5, 5.41) is 32.0. The molecule has 0 aromatic carbocycles. The number of allylic oxidation sites excluding steroid dienone is 4. The topological polar surface area (TPSA) is 94.8 Å². The van der Waals surface area contributed by atoms with Crippen molar-refractivity contribution in [2.24, 2.45) is 28.6 Å². The van der Waals surface area contributed by atoms with E-state index >= 15 is 4.39 Å². The summed E-state index contributed by atoms with van der Waals surface area (Å²) in [7, 11) is 0. The number of carbonyl (C=O) groups is 2. The smallest absolute Gasteiger partial charge is 0.190 e. The summed E-state index contributed by atoms with van der Waals surface area (Å²) in [5.41, 5.74) is -5.17. The van der Waals surface area contributed by atoms with E-state index in [0.29, 0.717) is 24.8 Å². The molecule has 0 amide bonds. The lowest BCUT2D eigenvalue weighted by atomic mass is 9.44. The summed E-state index contributed by atoms with van der Waals surface area (Å²) in [5.74, 6) is -2.12. The Kier molecular flexibility index (Phi) is 5.05. The number of rotatable bonds is 2. The van der Waals surface area contributed by atoms with Crippen LogP contribution in [0.3, 0.4) is 0 Å². The van der Waals surface area contributed by atoms with Crippen LogP contribution in [0.25, 0.3) is 0 Å². The van der Waals surface area contributed by atoms with Crippen molar-refractivity contribution in [1.82, 2.24) is 0 Å². The van der Waals surface area contributed by atoms with E-state index in [4.69, 9.17) is 0 Å². The van der Waals surface area contributed by atoms with Gasteiger partial charge in [-0.2, -0.15) is 0 Å². The molecule has 3 N–H and O–H groups in total. The molecule has 5 nitrogen and oxygen atoms in total. The summed E-state index contributed by atoms with van der Waals surface area (Å²) >= 11 is 0. The Bertz CT molecular complexity index is 805. The maximum Gasteiger partial charge on any atom is 0.190 e. The molecule has 0 unspecified atom stereocenters. The van der Waals surface area contributed by atoms with Gasteiger partial charge in [-0.25, -0.2) is 4.39 Å². The molecule has 3 saturated carbocycles. The zero-order valence-corrected chi connectivity index (χ0v) is 16.6. The Balaban J connectivity index is 0.00000240. The van der Waals surface area contributed by atoms with Gasteiger partial charge in [-0.05, 0) is 56.6 Å². The molecule has 4 aliphatic carbocycles. The Morgan fingerprint density at radius 2 is 1.97 bits per heavy atom. The zero-order chi connectivity index (χ0) is 20.7. The normalized spacial score (nSPS) is 50.7. The van der Waals surface area contributed by atoms with Gasteiger partial charge in [0.1, 0.15) is 12.2 Å². The van der Waals surface area contributed by atoms with Gasteiger partial charge < -0.3 is 15.3 Å². The fourth-order valence-corrected chi connectivity index (χ4v) is 7.26. The number of hydrogen-bond donors (Lipinski definition) is 3. The third kappa shape index (κ3) is 2.37. The van der Waals surface area contributed by atoms with Gasteiger partial charge in [-0.1, -0.05) is 32.9 Å². The van der Waals surface area contributed by atoms with Crippen molar-refractivity contribution in [1.29, 1.82) is 0 Å². The molecule has 162 valence electrons. The standard InChI is InChI=1S/C22H29FO5.CH4/c1-12-8-16-15-5-4-13-9-14(25)6-7-19(13,2)21(15,23)17(26)10-20(16,3)22(12,28)18(27)11-24;/h6-7,9,12,15-17,24,26,28H,4-5,8,10-11H2,1-3H3;1H4/t12-,15+,16+,17+,19+,20+,21+,22+;/m1./s1. The quantitative estimate of drug-likeness (QED) is 0.653. The first-order valence-electron chi connectivity index (χ1n) is 10.1. The van der Waals surface area contributed by atoms with E-state index in [1.54, 1.807) is 26.8 Å². The van der Waals surface area contributed by atoms with Crippen LogP contribution in [-0.2, 0) is 9.59 Å². The van der Waals surface area contributed by atoms with Gasteiger partial charge >= 0.3 is 0 Å². The van der Waals surface area contributed by atoms with Crippen molar-refractivity contribution >= 4 is 11.6 Å². The number of ketones is 2. The maximum absolute atomic E-state index is 16.9. The minimum Gasteiger partial charge on any atom is -0.390 e. The number of aliphatic hydroxyl groups excluding tert-OH is 2. The minimum atomic E-state index is -1.98. The Hall–Kier alpha value is -1.37. The lowest BCUT2D eigenvalue weighted by Crippen LogP contribution is -2.69. The molecular formula is C23H33FO5. The molecule has 0 heterocycles. The van der Waals surface area contributed by atoms with Crippen LogP contribution < -0.4 is 0 Å². The summed E-state index contributed by atoms with van der Waals surface area (Å²) in [6.07, 6.45) is 4.44. The van der Waals surface area contributed by atoms with Gasteiger partial charge in [-0.15, -0.1) is 0 Å². The molecule has 29 heavy (non-hydrogen) atoms. The Labute approximate surface area is 171 Å². The van der Waals surface area contributed by atoms with E-state index in [-0.39, 0.29) is 25.5 Å². The van der Waals surface area contributed by atoms with Crippen LogP contribution in [0.4, 0.5) is 4.39 Å². The van der Waals surface area contributed by atoms with Crippen molar-refractivity contribution < 1.29 is 29.3 Å². The van der Waals surface area contributed by atoms with Gasteiger partial charge in [0.25, 0.3) is 0 Å². The van der Waals surface area contributed by atoms with Crippen molar-refractivity contribution in [2.45, 2.75) is 71.3 Å². The van der Waals surface area contributed by atoms with Gasteiger partial charge in [-0.3, -0.25) is 9.59 Å². The summed E-state index contributed by atoms with van der Waals surface area (Å²) < 4.78 is 16.9. The molecule has 0 saturated heterocycles. The van der Waals surface area contributed by atoms with Gasteiger partial charge in [0.15, 0.2) is 17.2 Å². The highest BCUT2D eigenvalue weighted by atomic mass is 19.1. The highest BCUT2D eigenvalue weighted by Crippen LogP contribution is 2.70. The molecule has 6 heteroatoms. The number of hydrogen-bond acceptors (Lipinski definition) is 5. The number of aliphatic hydroxyl groups is 3. The average molecular weight is 409 g/mol. The average Bonchev–Trinajstić information content (AvgIpc) is 2.84. The minimum absolute atomic E-state index is 0. The predicted octanol–water partition coefficient (Wildman–Crippen LogP) is 2.53. The molecule has 4 rings (SSSR count). The molecule has 0 radical (unpaired) electrons. The molecule has 0 aromatic rings. The van der Waals surface area contributed by atoms with E-state index in [1.165, 1.54) is 12.2 Å². The van der Waals surface area contributed by atoms with E-state index in [2.05, 4.69) is 0 Å². The van der Waals surface area contributed by atoms with E-state index < -0.39 is 52.4 Å². The second-order valence-electron chi connectivity index (χ2n) is 9.75. The number of Topliss-reactive ketones (excluding diaryl/α,β-unsaturated/α-hetero) is 1. The molecule has 4 aliphatic rings. The van der Waals surface area contributed by atoms with Crippen LogP contribution in [0, 0.1) is 28.6 Å². The summed E-state index contributed by atoms with van der Waals surface area (Å²) in [4.78, 5) is 24.4. The van der Waals surface area contributed by atoms with Crippen LogP contribution in [0.2, 0.25) is 0 Å². The molecule has 0 spiro atoms. The van der Waals surface area contributed by atoms with Crippen molar-refractivity contribution in [3.8, 4) is 0 Å². The summed E-state index contributed by atoms with van der Waals surface area (Å²) in [6.45, 7) is 4.48. The highest BCUT2D eigenvalue weighted by Gasteiger charge is 2.75. The third-order valence-electron chi connectivity index (χ3n) is 8.79. The molecule has 0 aromatic heterocycles. The second kappa shape index (κ2) is 6.56. The van der Waals surface area contributed by atoms with Crippen LogP contribution in [-0.4, -0.2) is 50.9 Å². The van der Waals surface area contributed by atoms with Gasteiger partial charge in [0.05, 0.1) is 6.10 Å². The predicted molar refractivity (Wildman–Crippen MR) is 107 cm³/mol. The van der Waals surface area contributed by atoms with Gasteiger partial charge in [0.2, 0.25) is 0 Å². The number of carbonyl (C=O) groups excluding carboxylic acids is 2. The molecule has 8 atom stereocenters. The van der Waals surface area contributed by atoms with Crippen molar-refractivity contribution in [3.05, 3.63) is 23.8 Å². The Morgan fingerprint density at radius 3 is 2.59 bits per heavy atom. The summed E-state index contributed by atoms with van der Waals surface area (Å²) in [6, 6.07) is 0. The van der Waals surface area contributed by atoms with Crippen LogP contribution in [0.1, 0.15) is 53.9 Å². The third-order valence-corrected chi connectivity index (χ3v) is 8.79. The first kappa shape index (κ1) is 22.3. The highest BCUT2D eigenvalue weighted by molar-refractivity contribution is 6.01. The van der Waals surface area contributed by atoms with Crippen LogP contribution in [0.5, 0.6) is 0 Å². The van der Waals surface area contributed by atoms with Crippen LogP contribution in [0.15, 0.2) is 23.8 Å². The monoisotopic (exact) mass is 408 g/mol. The molecule has 0 aliphatic heterocycles.